The van der Waals surface area contributed by atoms with E-state index < -0.39 is 0 Å². The standard InChI is InChI=1S/C7H8N4OS/c12-3-6(7-9-1-2-13-7)11-5-8-4-10-11/h1-2,4-6,12H,3H2. The number of aliphatic hydroxyl groups is 1. The third-order valence-corrected chi connectivity index (χ3v) is 2.54. The van der Waals surface area contributed by atoms with Gasteiger partial charge in [-0.15, -0.1) is 11.3 Å². The number of aliphatic hydroxyl groups excluding tert-OH is 1. The molecule has 0 radical (unpaired) electrons. The van der Waals surface area contributed by atoms with Gasteiger partial charge in [0.2, 0.25) is 0 Å². The Kier molecular flexibility index (Phi) is 2.33. The van der Waals surface area contributed by atoms with E-state index in [0.29, 0.717) is 0 Å². The molecule has 0 amide bonds. The van der Waals surface area contributed by atoms with Crippen LogP contribution in [-0.4, -0.2) is 31.5 Å². The van der Waals surface area contributed by atoms with Gasteiger partial charge in [-0.05, 0) is 0 Å². The topological polar surface area (TPSA) is 63.8 Å². The SMILES string of the molecule is OCC(c1nccs1)n1cncn1. The third kappa shape index (κ3) is 1.58. The maximum absolute atomic E-state index is 9.15. The van der Waals surface area contributed by atoms with Gasteiger partial charge in [0.15, 0.2) is 0 Å². The van der Waals surface area contributed by atoms with Crippen molar-refractivity contribution in [2.75, 3.05) is 6.61 Å². The smallest absolute Gasteiger partial charge is 0.137 e. The quantitative estimate of drug-likeness (QED) is 0.767. The first kappa shape index (κ1) is 8.33. The lowest BCUT2D eigenvalue weighted by atomic mass is 10.3. The second-order valence-corrected chi connectivity index (χ2v) is 3.37. The molecule has 0 aliphatic carbocycles. The molecule has 2 rings (SSSR count). The van der Waals surface area contributed by atoms with E-state index in [0.717, 1.165) is 5.01 Å². The van der Waals surface area contributed by atoms with Gasteiger partial charge in [0.1, 0.15) is 23.7 Å². The van der Waals surface area contributed by atoms with Gasteiger partial charge in [-0.2, -0.15) is 5.10 Å². The summed E-state index contributed by atoms with van der Waals surface area (Å²) in [6.45, 7) is -0.0170. The van der Waals surface area contributed by atoms with Gasteiger partial charge in [-0.3, -0.25) is 0 Å². The largest absolute Gasteiger partial charge is 0.394 e. The van der Waals surface area contributed by atoms with E-state index in [9.17, 15) is 0 Å². The molecule has 2 aromatic heterocycles. The maximum atomic E-state index is 9.15. The van der Waals surface area contributed by atoms with Crippen LogP contribution in [0.15, 0.2) is 24.2 Å². The van der Waals surface area contributed by atoms with Crippen LogP contribution >= 0.6 is 11.3 Å². The van der Waals surface area contributed by atoms with Gasteiger partial charge in [0.05, 0.1) is 6.61 Å². The molecule has 1 atom stereocenters. The van der Waals surface area contributed by atoms with Crippen LogP contribution in [0, 0.1) is 0 Å². The second-order valence-electron chi connectivity index (χ2n) is 2.44. The summed E-state index contributed by atoms with van der Waals surface area (Å²) in [4.78, 5) is 7.93. The molecular formula is C7H8N4OS. The lowest BCUT2D eigenvalue weighted by molar-refractivity contribution is 0.240. The molecule has 0 aliphatic rings. The zero-order chi connectivity index (χ0) is 9.10. The average Bonchev–Trinajstić information content (AvgIpc) is 2.76. The molecule has 0 saturated heterocycles. The zero-order valence-corrected chi connectivity index (χ0v) is 7.55. The summed E-state index contributed by atoms with van der Waals surface area (Å²) in [5.74, 6) is 0. The predicted octanol–water partition coefficient (Wildman–Crippen LogP) is 0.316. The van der Waals surface area contributed by atoms with Crippen molar-refractivity contribution in [3.63, 3.8) is 0 Å². The van der Waals surface area contributed by atoms with Crippen LogP contribution in [0.1, 0.15) is 11.0 Å². The Morgan fingerprint density at radius 2 is 2.54 bits per heavy atom. The first-order chi connectivity index (χ1) is 6.42. The maximum Gasteiger partial charge on any atom is 0.137 e. The molecule has 0 aromatic carbocycles. The van der Waals surface area contributed by atoms with Gasteiger partial charge < -0.3 is 5.11 Å². The van der Waals surface area contributed by atoms with Crippen molar-refractivity contribution in [2.24, 2.45) is 0 Å². The number of hydrogen-bond donors (Lipinski definition) is 1. The number of nitrogens with zero attached hydrogens (tertiary/aromatic N) is 4. The van der Waals surface area contributed by atoms with E-state index in [2.05, 4.69) is 15.1 Å². The molecule has 2 heterocycles. The molecule has 0 bridgehead atoms. The van der Waals surface area contributed by atoms with E-state index in [4.69, 9.17) is 5.11 Å². The van der Waals surface area contributed by atoms with Crippen molar-refractivity contribution in [2.45, 2.75) is 6.04 Å². The highest BCUT2D eigenvalue weighted by atomic mass is 32.1. The summed E-state index contributed by atoms with van der Waals surface area (Å²) >= 11 is 1.49. The molecule has 68 valence electrons. The van der Waals surface area contributed by atoms with Gasteiger partial charge in [-0.25, -0.2) is 14.6 Å². The Hall–Kier alpha value is -1.27. The van der Waals surface area contributed by atoms with Crippen LogP contribution in [0.2, 0.25) is 0 Å². The lowest BCUT2D eigenvalue weighted by Gasteiger charge is -2.09. The van der Waals surface area contributed by atoms with Crippen LogP contribution < -0.4 is 0 Å². The fourth-order valence-electron chi connectivity index (χ4n) is 1.05. The summed E-state index contributed by atoms with van der Waals surface area (Å²) in [7, 11) is 0. The molecule has 0 spiro atoms. The Morgan fingerprint density at radius 3 is 3.08 bits per heavy atom. The zero-order valence-electron chi connectivity index (χ0n) is 6.74. The van der Waals surface area contributed by atoms with Crippen LogP contribution in [0.25, 0.3) is 0 Å². The van der Waals surface area contributed by atoms with Gasteiger partial charge >= 0.3 is 0 Å². The molecule has 5 nitrogen and oxygen atoms in total. The molecule has 0 aliphatic heterocycles. The monoisotopic (exact) mass is 196 g/mol. The average molecular weight is 196 g/mol. The molecule has 0 fully saturated rings. The Morgan fingerprint density at radius 1 is 1.62 bits per heavy atom. The van der Waals surface area contributed by atoms with Crippen molar-refractivity contribution in [3.05, 3.63) is 29.2 Å². The van der Waals surface area contributed by atoms with Crippen LogP contribution in [-0.2, 0) is 0 Å². The molecule has 2 aromatic rings. The van der Waals surface area contributed by atoms with Gasteiger partial charge in [0, 0.05) is 11.6 Å². The minimum absolute atomic E-state index is 0.0170. The van der Waals surface area contributed by atoms with Crippen molar-refractivity contribution >= 4 is 11.3 Å². The second kappa shape index (κ2) is 3.63. The van der Waals surface area contributed by atoms with E-state index in [1.54, 1.807) is 17.2 Å². The van der Waals surface area contributed by atoms with Crippen molar-refractivity contribution in [1.82, 2.24) is 19.7 Å². The molecule has 0 saturated carbocycles. The predicted molar refractivity (Wildman–Crippen MR) is 47.4 cm³/mol. The molecule has 6 heteroatoms. The van der Waals surface area contributed by atoms with Crippen molar-refractivity contribution < 1.29 is 5.11 Å². The summed E-state index contributed by atoms with van der Waals surface area (Å²) < 4.78 is 1.60. The number of thiazole rings is 1. The number of hydrogen-bond acceptors (Lipinski definition) is 5. The fraction of sp³-hybridized carbons (Fsp3) is 0.286. The van der Waals surface area contributed by atoms with Gasteiger partial charge in [0.25, 0.3) is 0 Å². The summed E-state index contributed by atoms with van der Waals surface area (Å²) in [5.41, 5.74) is 0. The van der Waals surface area contributed by atoms with Crippen molar-refractivity contribution in [3.8, 4) is 0 Å². The fourth-order valence-corrected chi connectivity index (χ4v) is 1.77. The Balaban J connectivity index is 2.29. The van der Waals surface area contributed by atoms with Crippen LogP contribution in [0.5, 0.6) is 0 Å². The minimum Gasteiger partial charge on any atom is -0.394 e. The van der Waals surface area contributed by atoms with Crippen LogP contribution in [0.4, 0.5) is 0 Å². The third-order valence-electron chi connectivity index (χ3n) is 1.67. The minimum atomic E-state index is -0.206. The molecule has 13 heavy (non-hydrogen) atoms. The molecule has 1 N–H and O–H groups in total. The van der Waals surface area contributed by atoms with E-state index in [-0.39, 0.29) is 12.6 Å². The van der Waals surface area contributed by atoms with E-state index in [1.807, 2.05) is 5.38 Å². The number of aromatic nitrogens is 4. The highest BCUT2D eigenvalue weighted by Gasteiger charge is 2.15. The van der Waals surface area contributed by atoms with Gasteiger partial charge in [-0.1, -0.05) is 0 Å². The van der Waals surface area contributed by atoms with E-state index in [1.165, 1.54) is 17.7 Å². The lowest BCUT2D eigenvalue weighted by Crippen LogP contribution is -2.14. The number of rotatable bonds is 3. The first-order valence-electron chi connectivity index (χ1n) is 3.76. The highest BCUT2D eigenvalue weighted by Crippen LogP contribution is 2.18. The Bertz CT molecular complexity index is 310. The van der Waals surface area contributed by atoms with Crippen molar-refractivity contribution in [1.29, 1.82) is 0 Å². The molecular weight excluding hydrogens is 188 g/mol. The molecule has 1 unspecified atom stereocenters. The Labute approximate surface area is 78.7 Å². The van der Waals surface area contributed by atoms with E-state index >= 15 is 0 Å². The normalized spacial score (nSPS) is 13.0. The summed E-state index contributed by atoms with van der Waals surface area (Å²) in [6, 6.07) is -0.206. The van der Waals surface area contributed by atoms with Crippen LogP contribution in [0.3, 0.4) is 0 Å². The first-order valence-corrected chi connectivity index (χ1v) is 4.64. The summed E-state index contributed by atoms with van der Waals surface area (Å²) in [6.07, 6.45) is 4.72. The summed E-state index contributed by atoms with van der Waals surface area (Å²) in [5, 5.41) is 15.8. The highest BCUT2D eigenvalue weighted by molar-refractivity contribution is 7.09.